The molecule has 0 spiro atoms. The Morgan fingerprint density at radius 3 is 2.93 bits per heavy atom. The molecule has 1 aromatic heterocycles. The van der Waals surface area contributed by atoms with Crippen LogP contribution in [-0.4, -0.2) is 11.4 Å². The van der Waals surface area contributed by atoms with E-state index in [1.165, 1.54) is 0 Å². The van der Waals surface area contributed by atoms with Gasteiger partial charge in [-0.25, -0.2) is 0 Å². The van der Waals surface area contributed by atoms with E-state index in [1.807, 2.05) is 24.5 Å². The van der Waals surface area contributed by atoms with Gasteiger partial charge in [-0.05, 0) is 18.4 Å². The van der Waals surface area contributed by atoms with E-state index in [0.29, 0.717) is 0 Å². The van der Waals surface area contributed by atoms with Crippen LogP contribution in [0.2, 0.25) is 0 Å². The Labute approximate surface area is 90.7 Å². The van der Waals surface area contributed by atoms with Crippen molar-refractivity contribution in [2.24, 2.45) is 0 Å². The summed E-state index contributed by atoms with van der Waals surface area (Å²) in [5, 5.41) is 10.3. The van der Waals surface area contributed by atoms with Crippen LogP contribution in [0.15, 0.2) is 23.1 Å². The van der Waals surface area contributed by atoms with Gasteiger partial charge in [-0.3, -0.25) is 0 Å². The van der Waals surface area contributed by atoms with Crippen LogP contribution in [0.5, 0.6) is 0 Å². The minimum absolute atomic E-state index is 0.0922. The highest BCUT2D eigenvalue weighted by atomic mass is 32.2. The molecular weight excluding hydrogens is 214 g/mol. The van der Waals surface area contributed by atoms with E-state index in [2.05, 4.69) is 0 Å². The predicted molar refractivity (Wildman–Crippen MR) is 63.9 cm³/mol. The SMILES string of the molecule is CSc1c(CO)sc2cccc(N)c12. The van der Waals surface area contributed by atoms with E-state index < -0.39 is 0 Å². The van der Waals surface area contributed by atoms with Gasteiger partial charge in [0.25, 0.3) is 0 Å². The zero-order valence-electron chi connectivity index (χ0n) is 7.78. The van der Waals surface area contributed by atoms with E-state index in [4.69, 9.17) is 5.73 Å². The molecule has 2 aromatic rings. The van der Waals surface area contributed by atoms with Gasteiger partial charge in [0.1, 0.15) is 0 Å². The summed E-state index contributed by atoms with van der Waals surface area (Å²) in [6.07, 6.45) is 2.01. The second kappa shape index (κ2) is 3.81. The van der Waals surface area contributed by atoms with Crippen molar-refractivity contribution in [3.63, 3.8) is 0 Å². The van der Waals surface area contributed by atoms with Crippen molar-refractivity contribution in [3.05, 3.63) is 23.1 Å². The molecule has 0 aliphatic carbocycles. The maximum absolute atomic E-state index is 9.20. The van der Waals surface area contributed by atoms with Crippen molar-refractivity contribution in [3.8, 4) is 0 Å². The molecule has 0 bridgehead atoms. The highest BCUT2D eigenvalue weighted by Gasteiger charge is 2.12. The van der Waals surface area contributed by atoms with Gasteiger partial charge in [0.2, 0.25) is 0 Å². The number of aliphatic hydroxyl groups is 1. The quantitative estimate of drug-likeness (QED) is 0.610. The maximum atomic E-state index is 9.20. The van der Waals surface area contributed by atoms with Crippen LogP contribution in [0.1, 0.15) is 4.88 Å². The normalized spacial score (nSPS) is 11.0. The molecule has 0 radical (unpaired) electrons. The summed E-state index contributed by atoms with van der Waals surface area (Å²) in [5.41, 5.74) is 6.71. The number of thioether (sulfide) groups is 1. The first-order chi connectivity index (χ1) is 6.77. The highest BCUT2D eigenvalue weighted by molar-refractivity contribution is 7.99. The lowest BCUT2D eigenvalue weighted by molar-refractivity contribution is 0.283. The van der Waals surface area contributed by atoms with Gasteiger partial charge in [0.15, 0.2) is 0 Å². The number of anilines is 1. The molecule has 0 saturated heterocycles. The van der Waals surface area contributed by atoms with Crippen LogP contribution in [0.25, 0.3) is 10.1 Å². The number of fused-ring (bicyclic) bond motifs is 1. The van der Waals surface area contributed by atoms with E-state index in [9.17, 15) is 5.11 Å². The lowest BCUT2D eigenvalue weighted by Crippen LogP contribution is -1.86. The first kappa shape index (κ1) is 9.83. The average molecular weight is 225 g/mol. The van der Waals surface area contributed by atoms with Gasteiger partial charge in [-0.2, -0.15) is 0 Å². The molecule has 2 nitrogen and oxygen atoms in total. The van der Waals surface area contributed by atoms with Crippen LogP contribution in [0.4, 0.5) is 5.69 Å². The highest BCUT2D eigenvalue weighted by Crippen LogP contribution is 2.40. The van der Waals surface area contributed by atoms with Crippen molar-refractivity contribution < 1.29 is 5.11 Å². The Morgan fingerprint density at radius 1 is 1.50 bits per heavy atom. The Kier molecular flexibility index (Phi) is 2.67. The number of nitrogens with two attached hydrogens (primary N) is 1. The predicted octanol–water partition coefficient (Wildman–Crippen LogP) is 2.70. The maximum Gasteiger partial charge on any atom is 0.0786 e. The second-order valence-corrected chi connectivity index (χ2v) is 4.89. The van der Waals surface area contributed by atoms with Crippen molar-refractivity contribution in [1.82, 2.24) is 0 Å². The number of nitrogen functional groups attached to an aromatic ring is 1. The number of hydrogen-bond donors (Lipinski definition) is 2. The van der Waals surface area contributed by atoms with Gasteiger partial charge in [0, 0.05) is 25.5 Å². The van der Waals surface area contributed by atoms with Crippen LogP contribution in [-0.2, 0) is 6.61 Å². The largest absolute Gasteiger partial charge is 0.398 e. The molecule has 2 rings (SSSR count). The minimum Gasteiger partial charge on any atom is -0.398 e. The summed E-state index contributed by atoms with van der Waals surface area (Å²) in [6, 6.07) is 5.88. The Balaban J connectivity index is 2.81. The van der Waals surface area contributed by atoms with Crippen LogP contribution in [0.3, 0.4) is 0 Å². The molecular formula is C10H11NOS2. The number of hydrogen-bond acceptors (Lipinski definition) is 4. The van der Waals surface area contributed by atoms with Crippen molar-refractivity contribution in [1.29, 1.82) is 0 Å². The summed E-state index contributed by atoms with van der Waals surface area (Å²) in [4.78, 5) is 2.12. The summed E-state index contributed by atoms with van der Waals surface area (Å²) in [7, 11) is 0. The molecule has 0 atom stereocenters. The first-order valence-corrected chi connectivity index (χ1v) is 6.26. The van der Waals surface area contributed by atoms with E-state index in [1.54, 1.807) is 23.1 Å². The van der Waals surface area contributed by atoms with Crippen LogP contribution >= 0.6 is 23.1 Å². The number of thiophene rings is 1. The van der Waals surface area contributed by atoms with Gasteiger partial charge in [-0.15, -0.1) is 23.1 Å². The van der Waals surface area contributed by atoms with Gasteiger partial charge in [-0.1, -0.05) is 6.07 Å². The molecule has 1 aromatic carbocycles. The molecule has 14 heavy (non-hydrogen) atoms. The Bertz CT molecular complexity index is 464. The average Bonchev–Trinajstić information content (AvgIpc) is 2.56. The van der Waals surface area contributed by atoms with Crippen molar-refractivity contribution >= 4 is 38.9 Å². The monoisotopic (exact) mass is 225 g/mol. The summed E-state index contributed by atoms with van der Waals surface area (Å²) in [6.45, 7) is 0.0922. The van der Waals surface area contributed by atoms with E-state index >= 15 is 0 Å². The molecule has 0 saturated carbocycles. The standard InChI is InChI=1S/C10H11NOS2/c1-13-10-8(5-12)14-7-4-2-3-6(11)9(7)10/h2-4,12H,5,11H2,1H3. The Hall–Kier alpha value is -0.710. The molecule has 3 N–H and O–H groups in total. The second-order valence-electron chi connectivity index (χ2n) is 2.94. The third-order valence-corrected chi connectivity index (χ3v) is 4.25. The summed E-state index contributed by atoms with van der Waals surface area (Å²) < 4.78 is 1.15. The minimum atomic E-state index is 0.0922. The number of benzene rings is 1. The molecule has 74 valence electrons. The third kappa shape index (κ3) is 1.39. The van der Waals surface area contributed by atoms with Gasteiger partial charge < -0.3 is 10.8 Å². The topological polar surface area (TPSA) is 46.2 Å². The lowest BCUT2D eigenvalue weighted by Gasteiger charge is -1.99. The van der Waals surface area contributed by atoms with Crippen LogP contribution < -0.4 is 5.73 Å². The van der Waals surface area contributed by atoms with E-state index in [-0.39, 0.29) is 6.61 Å². The molecule has 0 unspecified atom stereocenters. The fourth-order valence-electron chi connectivity index (χ4n) is 1.51. The molecule has 1 heterocycles. The van der Waals surface area contributed by atoms with Gasteiger partial charge >= 0.3 is 0 Å². The van der Waals surface area contributed by atoms with E-state index in [0.717, 1.165) is 25.5 Å². The van der Waals surface area contributed by atoms with Crippen LogP contribution in [0, 0.1) is 0 Å². The molecule has 0 amide bonds. The summed E-state index contributed by atoms with van der Waals surface area (Å²) in [5.74, 6) is 0. The van der Waals surface area contributed by atoms with Crippen molar-refractivity contribution in [2.45, 2.75) is 11.5 Å². The first-order valence-electron chi connectivity index (χ1n) is 4.22. The van der Waals surface area contributed by atoms with Gasteiger partial charge in [0.05, 0.1) is 6.61 Å². The zero-order chi connectivity index (χ0) is 10.1. The Morgan fingerprint density at radius 2 is 2.29 bits per heavy atom. The zero-order valence-corrected chi connectivity index (χ0v) is 9.41. The lowest BCUT2D eigenvalue weighted by atomic mass is 10.2. The van der Waals surface area contributed by atoms with Crippen molar-refractivity contribution in [2.75, 3.05) is 12.0 Å². The fraction of sp³-hybridized carbons (Fsp3) is 0.200. The smallest absolute Gasteiger partial charge is 0.0786 e. The molecule has 0 fully saturated rings. The number of rotatable bonds is 2. The third-order valence-electron chi connectivity index (χ3n) is 2.12. The molecule has 4 heteroatoms. The number of aliphatic hydroxyl groups excluding tert-OH is 1. The summed E-state index contributed by atoms with van der Waals surface area (Å²) >= 11 is 3.25. The molecule has 0 aliphatic rings. The molecule has 0 aliphatic heterocycles. The fourth-order valence-corrected chi connectivity index (χ4v) is 3.67.